The van der Waals surface area contributed by atoms with E-state index >= 15 is 0 Å². The Balaban J connectivity index is 0. The minimum atomic E-state index is -0.679. The second-order valence-corrected chi connectivity index (χ2v) is 2.48. The number of hydrogen-bond donors (Lipinski definition) is 1. The number of aliphatic carboxylic acids is 1. The second kappa shape index (κ2) is 5.97. The maximum absolute atomic E-state index is 9.62. The molecule has 0 aliphatic carbocycles. The minimum absolute atomic E-state index is 0. The van der Waals surface area contributed by atoms with Crippen molar-refractivity contribution in [1.29, 1.82) is 0 Å². The van der Waals surface area contributed by atoms with Crippen molar-refractivity contribution in [3.63, 3.8) is 0 Å². The number of hydrogen-bond acceptors (Lipinski definition) is 1. The summed E-state index contributed by atoms with van der Waals surface area (Å²) in [5, 5.41) is 8.79. The molecule has 0 fully saturated rings. The van der Waals surface area contributed by atoms with Crippen molar-refractivity contribution in [1.82, 2.24) is 0 Å². The molecule has 0 aliphatic heterocycles. The van der Waals surface area contributed by atoms with Gasteiger partial charge < -0.3 is 5.48 Å². The van der Waals surface area contributed by atoms with Crippen LogP contribution in [0.1, 0.15) is 6.42 Å². The molecule has 0 aromatic rings. The molecule has 0 rings (SSSR count). The van der Waals surface area contributed by atoms with E-state index in [4.69, 9.17) is 5.11 Å². The third-order valence-electron chi connectivity index (χ3n) is 0.391. The first-order valence-electron chi connectivity index (χ1n) is 1.78. The summed E-state index contributed by atoms with van der Waals surface area (Å²) in [5.74, 6) is -0.679. The van der Waals surface area contributed by atoms with Crippen LogP contribution in [0.2, 0.25) is 5.25 Å². The van der Waals surface area contributed by atoms with Crippen molar-refractivity contribution in [2.45, 2.75) is 11.7 Å². The third-order valence-corrected chi connectivity index (χ3v) is 1.13. The van der Waals surface area contributed by atoms with Crippen LogP contribution in [-0.2, 0) is 4.79 Å². The van der Waals surface area contributed by atoms with Crippen molar-refractivity contribution in [2.24, 2.45) is 0 Å². The van der Waals surface area contributed by atoms with Crippen LogP contribution in [0.25, 0.3) is 0 Å². The average Bonchev–Trinajstić information content (AvgIpc) is 1.35. The van der Waals surface area contributed by atoms with E-state index in [0.717, 1.165) is 21.8 Å². The molecule has 0 atom stereocenters. The Kier molecular flexibility index (Phi) is 8.58. The van der Waals surface area contributed by atoms with Gasteiger partial charge in [-0.3, -0.25) is 0 Å². The Labute approximate surface area is 50.3 Å². The summed E-state index contributed by atoms with van der Waals surface area (Å²) in [5.41, 5.74) is 0. The van der Waals surface area contributed by atoms with Gasteiger partial charge in [-0.1, -0.05) is 0 Å². The van der Waals surface area contributed by atoms with Crippen molar-refractivity contribution >= 4 is 22.5 Å². The summed E-state index contributed by atoms with van der Waals surface area (Å²) >= 11 is 1.09. The van der Waals surface area contributed by atoms with Gasteiger partial charge >= 0.3 is 44.1 Å². The van der Waals surface area contributed by atoms with Crippen LogP contribution in [0.4, 0.5) is 0 Å². The fourth-order valence-corrected chi connectivity index (χ4v) is 0.786. The van der Waals surface area contributed by atoms with Crippen LogP contribution < -0.4 is 0 Å². The van der Waals surface area contributed by atoms with E-state index in [1.54, 1.807) is 0 Å². The third kappa shape index (κ3) is 10.7. The molecule has 0 unspecified atom stereocenters. The molecule has 4 heteroatoms. The van der Waals surface area contributed by atoms with Gasteiger partial charge in [-0.2, -0.15) is 0 Å². The van der Waals surface area contributed by atoms with E-state index in [0.29, 0.717) is 6.42 Å². The Morgan fingerprint density at radius 1 is 1.71 bits per heavy atom. The van der Waals surface area contributed by atoms with Crippen LogP contribution in [0.5, 0.6) is 0 Å². The summed E-state index contributed by atoms with van der Waals surface area (Å²) < 4.78 is 0. The van der Waals surface area contributed by atoms with Gasteiger partial charge in [0.05, 0.1) is 0 Å². The summed E-state index contributed by atoms with van der Waals surface area (Å²) in [6.45, 7) is 0. The van der Waals surface area contributed by atoms with Crippen molar-refractivity contribution in [3.8, 4) is 0 Å². The normalized spacial score (nSPS) is 7.00. The van der Waals surface area contributed by atoms with Gasteiger partial charge in [0, 0.05) is 0 Å². The molecule has 3 nitrogen and oxygen atoms in total. The van der Waals surface area contributed by atoms with Crippen molar-refractivity contribution < 1.29 is 15.4 Å². The fraction of sp³-hybridized carbons (Fsp3) is 0.667. The van der Waals surface area contributed by atoms with Crippen LogP contribution in [-0.4, -0.2) is 33.1 Å². The van der Waals surface area contributed by atoms with Crippen molar-refractivity contribution in [3.05, 3.63) is 0 Å². The standard InChI is InChI=1S/C3H7GeO2.H2O/c4-2-1-3(5)6;/h1-2,4H2,(H,5,6);1H2. The van der Waals surface area contributed by atoms with Gasteiger partial charge in [0.15, 0.2) is 0 Å². The topological polar surface area (TPSA) is 68.8 Å². The van der Waals surface area contributed by atoms with E-state index in [2.05, 4.69) is 0 Å². The molecule has 0 heterocycles. The predicted octanol–water partition coefficient (Wildman–Crippen LogP) is -1.31. The molecule has 0 bridgehead atoms. The van der Waals surface area contributed by atoms with E-state index in [-0.39, 0.29) is 5.48 Å². The molecule has 0 saturated heterocycles. The zero-order valence-corrected chi connectivity index (χ0v) is 6.94. The zero-order valence-electron chi connectivity index (χ0n) is 3.98. The molecule has 0 aromatic heterocycles. The van der Waals surface area contributed by atoms with Gasteiger partial charge in [0.25, 0.3) is 0 Å². The van der Waals surface area contributed by atoms with Gasteiger partial charge in [-0.25, -0.2) is 0 Å². The molecule has 0 spiro atoms. The Morgan fingerprint density at radius 2 is 2.14 bits per heavy atom. The van der Waals surface area contributed by atoms with Crippen LogP contribution in [0, 0.1) is 0 Å². The monoisotopic (exact) mass is 167 g/mol. The van der Waals surface area contributed by atoms with Crippen LogP contribution in [0.15, 0.2) is 0 Å². The molecular formula is C3H9GeO3. The van der Waals surface area contributed by atoms with Crippen LogP contribution >= 0.6 is 0 Å². The molecule has 1 radical (unpaired) electrons. The molecule has 0 aliphatic rings. The van der Waals surface area contributed by atoms with Crippen LogP contribution in [0.3, 0.4) is 0 Å². The summed E-state index contributed by atoms with van der Waals surface area (Å²) in [7, 11) is 0. The van der Waals surface area contributed by atoms with Crippen molar-refractivity contribution in [2.75, 3.05) is 0 Å². The van der Waals surface area contributed by atoms with Gasteiger partial charge in [0.2, 0.25) is 0 Å². The number of carboxylic acids is 1. The molecular weight excluding hydrogens is 157 g/mol. The van der Waals surface area contributed by atoms with E-state index in [1.165, 1.54) is 0 Å². The first-order valence-corrected chi connectivity index (χ1v) is 3.88. The molecule has 0 saturated carbocycles. The number of rotatable bonds is 2. The Hall–Kier alpha value is -0.0271. The predicted molar refractivity (Wildman–Crippen MR) is 29.2 cm³/mol. The van der Waals surface area contributed by atoms with E-state index < -0.39 is 5.97 Å². The summed E-state index contributed by atoms with van der Waals surface area (Å²) in [4.78, 5) is 9.62. The summed E-state index contributed by atoms with van der Waals surface area (Å²) in [6.07, 6.45) is 0.347. The summed E-state index contributed by atoms with van der Waals surface area (Å²) in [6, 6.07) is 0. The number of carbonyl (C=O) groups is 1. The fourth-order valence-electron chi connectivity index (χ4n) is 0.151. The van der Waals surface area contributed by atoms with Gasteiger partial charge in [-0.15, -0.1) is 0 Å². The Morgan fingerprint density at radius 3 is 2.14 bits per heavy atom. The first-order chi connectivity index (χ1) is 2.77. The average molecular weight is 166 g/mol. The maximum atomic E-state index is 9.62. The Bertz CT molecular complexity index is 54.1. The SMILES string of the molecule is O.O=C(O)C[CH2][GeH2]. The quantitative estimate of drug-likeness (QED) is 0.517. The molecule has 7 heavy (non-hydrogen) atoms. The van der Waals surface area contributed by atoms with Gasteiger partial charge in [-0.05, 0) is 0 Å². The number of carboxylic acid groups (broad SMARTS) is 1. The molecule has 0 amide bonds. The van der Waals surface area contributed by atoms with Gasteiger partial charge in [0.1, 0.15) is 0 Å². The first kappa shape index (κ1) is 10.1. The second-order valence-electron chi connectivity index (χ2n) is 0.997. The molecule has 0 aromatic carbocycles. The van der Waals surface area contributed by atoms with E-state index in [1.807, 2.05) is 0 Å². The molecule has 43 valence electrons. The molecule has 3 N–H and O–H groups in total. The van der Waals surface area contributed by atoms with E-state index in [9.17, 15) is 4.79 Å². The zero-order chi connectivity index (χ0) is 4.99.